The molecule has 0 saturated heterocycles. The fraction of sp³-hybridized carbons (Fsp3) is 0.562. The lowest BCUT2D eigenvalue weighted by atomic mass is 10.1. The van der Waals surface area contributed by atoms with E-state index in [9.17, 15) is 0 Å². The smallest absolute Gasteiger partial charge is 0.103 e. The average Bonchev–Trinajstić information content (AvgIpc) is 2.38. The van der Waals surface area contributed by atoms with Crippen molar-refractivity contribution in [3.8, 4) is 0 Å². The zero-order chi connectivity index (χ0) is 14.3. The molecule has 1 rings (SSSR count). The summed E-state index contributed by atoms with van der Waals surface area (Å²) in [6.07, 6.45) is 3.86. The molecule has 19 heavy (non-hydrogen) atoms. The molecule has 106 valence electrons. The van der Waals surface area contributed by atoms with Gasteiger partial charge in [0.05, 0.1) is 0 Å². The summed E-state index contributed by atoms with van der Waals surface area (Å²) in [4.78, 5) is 2.99. The van der Waals surface area contributed by atoms with E-state index in [1.54, 1.807) is 0 Å². The van der Waals surface area contributed by atoms with Gasteiger partial charge in [0.15, 0.2) is 0 Å². The Hall–Kier alpha value is -0.930. The van der Waals surface area contributed by atoms with E-state index in [1.165, 1.54) is 31.4 Å². The maximum absolute atomic E-state index is 5.62. The average molecular weight is 278 g/mol. The normalized spacial score (nSPS) is 11.2. The monoisotopic (exact) mass is 278 g/mol. The molecule has 0 aromatic heterocycles. The Morgan fingerprint density at radius 2 is 1.84 bits per heavy atom. The van der Waals surface area contributed by atoms with Crippen molar-refractivity contribution < 1.29 is 0 Å². The second kappa shape index (κ2) is 8.28. The molecule has 0 aliphatic rings. The Morgan fingerprint density at radius 1 is 1.21 bits per heavy atom. The number of nitrogens with zero attached hydrogens (tertiary/aromatic N) is 1. The van der Waals surface area contributed by atoms with E-state index in [4.69, 9.17) is 18.0 Å². The zero-order valence-corrected chi connectivity index (χ0v) is 13.2. The minimum Gasteiger partial charge on any atom is -0.389 e. The van der Waals surface area contributed by atoms with Crippen molar-refractivity contribution in [3.63, 3.8) is 0 Å². The molecule has 0 heterocycles. The first kappa shape index (κ1) is 16.1. The number of hydrogen-bond donors (Lipinski definition) is 1. The summed E-state index contributed by atoms with van der Waals surface area (Å²) in [6, 6.07) is 8.87. The van der Waals surface area contributed by atoms with Crippen LogP contribution in [0.5, 0.6) is 0 Å². The Balaban J connectivity index is 2.60. The van der Waals surface area contributed by atoms with Crippen molar-refractivity contribution in [2.75, 3.05) is 6.54 Å². The lowest BCUT2D eigenvalue weighted by Crippen LogP contribution is -2.31. The van der Waals surface area contributed by atoms with Gasteiger partial charge in [-0.15, -0.1) is 0 Å². The molecule has 0 saturated carbocycles. The molecule has 0 amide bonds. The summed E-state index contributed by atoms with van der Waals surface area (Å²) >= 11 is 4.97. The van der Waals surface area contributed by atoms with E-state index in [1.807, 2.05) is 12.1 Å². The molecular weight excluding hydrogens is 252 g/mol. The summed E-state index contributed by atoms with van der Waals surface area (Å²) in [5, 5.41) is 0. The molecule has 0 fully saturated rings. The fourth-order valence-electron chi connectivity index (χ4n) is 2.09. The summed E-state index contributed by atoms with van der Waals surface area (Å²) < 4.78 is 0. The van der Waals surface area contributed by atoms with E-state index in [-0.39, 0.29) is 0 Å². The van der Waals surface area contributed by atoms with Gasteiger partial charge in [-0.1, -0.05) is 56.2 Å². The van der Waals surface area contributed by atoms with Crippen LogP contribution in [0.1, 0.15) is 51.2 Å². The lowest BCUT2D eigenvalue weighted by molar-refractivity contribution is 0.208. The number of benzene rings is 1. The molecule has 0 aliphatic carbocycles. The molecule has 2 nitrogen and oxygen atoms in total. The lowest BCUT2D eigenvalue weighted by Gasteiger charge is -2.26. The van der Waals surface area contributed by atoms with Gasteiger partial charge in [0.2, 0.25) is 0 Å². The van der Waals surface area contributed by atoms with E-state index in [0.717, 1.165) is 12.1 Å². The van der Waals surface area contributed by atoms with E-state index < -0.39 is 0 Å². The highest BCUT2D eigenvalue weighted by atomic mass is 32.1. The molecule has 0 radical (unpaired) electrons. The Morgan fingerprint density at radius 3 is 2.32 bits per heavy atom. The highest BCUT2D eigenvalue weighted by Crippen LogP contribution is 2.11. The first-order valence-corrected chi connectivity index (χ1v) is 7.58. The van der Waals surface area contributed by atoms with Crippen molar-refractivity contribution in [3.05, 3.63) is 35.4 Å². The largest absolute Gasteiger partial charge is 0.389 e. The summed E-state index contributed by atoms with van der Waals surface area (Å²) in [5.41, 5.74) is 7.88. The van der Waals surface area contributed by atoms with Crippen LogP contribution in [0.15, 0.2) is 24.3 Å². The second-order valence-corrected chi connectivity index (χ2v) is 5.77. The zero-order valence-electron chi connectivity index (χ0n) is 12.4. The fourth-order valence-corrected chi connectivity index (χ4v) is 2.23. The van der Waals surface area contributed by atoms with Gasteiger partial charge in [0.1, 0.15) is 4.99 Å². The summed E-state index contributed by atoms with van der Waals surface area (Å²) in [6.45, 7) is 8.93. The minimum atomic E-state index is 0.468. The van der Waals surface area contributed by atoms with Crippen LogP contribution < -0.4 is 5.73 Å². The van der Waals surface area contributed by atoms with E-state index in [2.05, 4.69) is 37.8 Å². The first-order chi connectivity index (χ1) is 9.04. The van der Waals surface area contributed by atoms with Crippen molar-refractivity contribution in [1.29, 1.82) is 0 Å². The van der Waals surface area contributed by atoms with Gasteiger partial charge in [-0.2, -0.15) is 0 Å². The molecule has 0 bridgehead atoms. The van der Waals surface area contributed by atoms with Crippen LogP contribution in [-0.4, -0.2) is 22.5 Å². The van der Waals surface area contributed by atoms with Gasteiger partial charge in [0.25, 0.3) is 0 Å². The standard InChI is InChI=1S/C16H26N2S/c1-4-5-6-11-18(13(2)3)12-14-7-9-15(10-8-14)16(17)19/h7-10,13H,4-6,11-12H2,1-3H3,(H2,17,19). The van der Waals surface area contributed by atoms with Crippen LogP contribution >= 0.6 is 12.2 Å². The first-order valence-electron chi connectivity index (χ1n) is 7.17. The highest BCUT2D eigenvalue weighted by molar-refractivity contribution is 7.80. The van der Waals surface area contributed by atoms with Crippen molar-refractivity contribution >= 4 is 17.2 Å². The van der Waals surface area contributed by atoms with Gasteiger partial charge < -0.3 is 5.73 Å². The second-order valence-electron chi connectivity index (χ2n) is 5.33. The Kier molecular flexibility index (Phi) is 7.03. The number of nitrogens with two attached hydrogens (primary N) is 1. The topological polar surface area (TPSA) is 29.3 Å². The van der Waals surface area contributed by atoms with E-state index in [0.29, 0.717) is 11.0 Å². The number of unbranched alkanes of at least 4 members (excludes halogenated alkanes) is 2. The summed E-state index contributed by atoms with van der Waals surface area (Å²) in [5.74, 6) is 0. The third-order valence-electron chi connectivity index (χ3n) is 3.40. The van der Waals surface area contributed by atoms with Crippen molar-refractivity contribution in [1.82, 2.24) is 4.90 Å². The predicted molar refractivity (Wildman–Crippen MR) is 87.4 cm³/mol. The van der Waals surface area contributed by atoms with Crippen LogP contribution in [0.2, 0.25) is 0 Å². The van der Waals surface area contributed by atoms with Crippen molar-refractivity contribution in [2.45, 2.75) is 52.6 Å². The molecule has 1 aromatic carbocycles. The molecule has 3 heteroatoms. The molecule has 0 aliphatic heterocycles. The van der Waals surface area contributed by atoms with Crippen molar-refractivity contribution in [2.24, 2.45) is 5.73 Å². The quantitative estimate of drug-likeness (QED) is 0.580. The highest BCUT2D eigenvalue weighted by Gasteiger charge is 2.09. The van der Waals surface area contributed by atoms with Crippen LogP contribution in [0.25, 0.3) is 0 Å². The Bertz CT molecular complexity index is 384. The minimum absolute atomic E-state index is 0.468. The molecule has 0 unspecified atom stereocenters. The maximum Gasteiger partial charge on any atom is 0.103 e. The SMILES string of the molecule is CCCCCN(Cc1ccc(C(N)=S)cc1)C(C)C. The van der Waals surface area contributed by atoms with Gasteiger partial charge >= 0.3 is 0 Å². The van der Waals surface area contributed by atoms with Gasteiger partial charge in [-0.25, -0.2) is 0 Å². The van der Waals surface area contributed by atoms with Crippen LogP contribution in [0.3, 0.4) is 0 Å². The molecule has 0 spiro atoms. The number of rotatable bonds is 8. The van der Waals surface area contributed by atoms with E-state index >= 15 is 0 Å². The third-order valence-corrected chi connectivity index (χ3v) is 3.64. The van der Waals surface area contributed by atoms with Gasteiger partial charge in [-0.05, 0) is 32.4 Å². The number of hydrogen-bond acceptors (Lipinski definition) is 2. The maximum atomic E-state index is 5.62. The third kappa shape index (κ3) is 5.70. The predicted octanol–water partition coefficient (Wildman–Crippen LogP) is 3.72. The molecular formula is C16H26N2S. The van der Waals surface area contributed by atoms with Gasteiger partial charge in [-0.3, -0.25) is 4.90 Å². The molecule has 2 N–H and O–H groups in total. The Labute approximate surface area is 123 Å². The van der Waals surface area contributed by atoms with Gasteiger partial charge in [0, 0.05) is 18.2 Å². The van der Waals surface area contributed by atoms with Crippen LogP contribution in [0.4, 0.5) is 0 Å². The molecule has 1 aromatic rings. The molecule has 0 atom stereocenters. The van der Waals surface area contributed by atoms with Crippen LogP contribution in [0, 0.1) is 0 Å². The summed E-state index contributed by atoms with van der Waals surface area (Å²) in [7, 11) is 0. The number of thiocarbonyl (C=S) groups is 1. The van der Waals surface area contributed by atoms with Crippen LogP contribution in [-0.2, 0) is 6.54 Å².